The molecule has 1 spiro atoms. The second kappa shape index (κ2) is 3.86. The largest absolute Gasteiger partial charge is 0.440 e. The van der Waals surface area contributed by atoms with E-state index in [-0.39, 0.29) is 18.1 Å². The Bertz CT molecular complexity index is 626. The van der Waals surface area contributed by atoms with E-state index in [1.165, 1.54) is 4.90 Å². The third-order valence-electron chi connectivity index (χ3n) is 3.53. The number of nitrogens with zero attached hydrogens (tertiary/aromatic N) is 1. The highest BCUT2D eigenvalue weighted by molar-refractivity contribution is 7.91. The summed E-state index contributed by atoms with van der Waals surface area (Å²) in [5, 5.41) is 0. The number of sulfone groups is 1. The van der Waals surface area contributed by atoms with Crippen LogP contribution < -0.4 is 10.6 Å². The molecule has 2 aliphatic rings. The second-order valence-corrected chi connectivity index (χ2v) is 7.25. The van der Waals surface area contributed by atoms with Crippen molar-refractivity contribution in [2.24, 2.45) is 0 Å². The van der Waals surface area contributed by atoms with Crippen molar-refractivity contribution in [1.82, 2.24) is 0 Å². The van der Waals surface area contributed by atoms with Crippen molar-refractivity contribution < 1.29 is 17.9 Å². The molecule has 3 rings (SSSR count). The average molecular weight is 282 g/mol. The van der Waals surface area contributed by atoms with Crippen LogP contribution in [0.1, 0.15) is 6.42 Å². The van der Waals surface area contributed by atoms with Crippen molar-refractivity contribution in [2.45, 2.75) is 12.0 Å². The third kappa shape index (κ3) is 2.14. The lowest BCUT2D eigenvalue weighted by Crippen LogP contribution is -2.35. The van der Waals surface area contributed by atoms with E-state index in [2.05, 4.69) is 0 Å². The number of rotatable bonds is 1. The Morgan fingerprint density at radius 3 is 2.53 bits per heavy atom. The van der Waals surface area contributed by atoms with E-state index in [1.54, 1.807) is 24.3 Å². The number of nitrogen functional groups attached to an aromatic ring is 1. The monoisotopic (exact) mass is 282 g/mol. The third-order valence-corrected chi connectivity index (χ3v) is 5.32. The van der Waals surface area contributed by atoms with E-state index >= 15 is 0 Å². The van der Waals surface area contributed by atoms with Crippen LogP contribution in [-0.4, -0.2) is 38.2 Å². The van der Waals surface area contributed by atoms with Gasteiger partial charge in [-0.1, -0.05) is 0 Å². The zero-order valence-corrected chi connectivity index (χ0v) is 11.0. The van der Waals surface area contributed by atoms with Crippen LogP contribution in [0, 0.1) is 0 Å². The second-order valence-electron chi connectivity index (χ2n) is 5.07. The van der Waals surface area contributed by atoms with Gasteiger partial charge in [-0.3, -0.25) is 4.90 Å². The number of nitrogens with two attached hydrogens (primary N) is 1. The van der Waals surface area contributed by atoms with Gasteiger partial charge < -0.3 is 10.5 Å². The van der Waals surface area contributed by atoms with Crippen LogP contribution in [0.3, 0.4) is 0 Å². The quantitative estimate of drug-likeness (QED) is 0.769. The number of benzene rings is 1. The molecule has 0 radical (unpaired) electrons. The highest BCUT2D eigenvalue weighted by Crippen LogP contribution is 2.36. The molecule has 0 aromatic heterocycles. The van der Waals surface area contributed by atoms with Crippen molar-refractivity contribution in [1.29, 1.82) is 0 Å². The maximum Gasteiger partial charge on any atom is 0.415 e. The van der Waals surface area contributed by atoms with Gasteiger partial charge in [-0.15, -0.1) is 0 Å². The van der Waals surface area contributed by atoms with Gasteiger partial charge in [0.05, 0.1) is 18.1 Å². The number of carbonyl (C=O) groups excluding carboxylic acids is 1. The minimum Gasteiger partial charge on any atom is -0.440 e. The van der Waals surface area contributed by atoms with Crippen LogP contribution >= 0.6 is 0 Å². The summed E-state index contributed by atoms with van der Waals surface area (Å²) in [5.74, 6) is -0.00687. The fourth-order valence-electron chi connectivity index (χ4n) is 2.57. The van der Waals surface area contributed by atoms with Gasteiger partial charge in [-0.05, 0) is 24.3 Å². The molecule has 0 bridgehead atoms. The van der Waals surface area contributed by atoms with Gasteiger partial charge in [0.15, 0.2) is 9.84 Å². The first-order chi connectivity index (χ1) is 8.89. The van der Waals surface area contributed by atoms with E-state index in [0.717, 1.165) is 0 Å². The van der Waals surface area contributed by atoms with E-state index in [9.17, 15) is 13.2 Å². The van der Waals surface area contributed by atoms with Gasteiger partial charge in [-0.25, -0.2) is 13.2 Å². The standard InChI is InChI=1S/C12H14N2O4S/c13-9-1-3-10(4-2-9)14-7-12(18-11(14)15)5-6-19(16,17)8-12/h1-4H,5-8,13H2. The van der Waals surface area contributed by atoms with Gasteiger partial charge >= 0.3 is 6.09 Å². The zero-order chi connectivity index (χ0) is 13.7. The molecule has 2 saturated heterocycles. The first-order valence-electron chi connectivity index (χ1n) is 5.96. The smallest absolute Gasteiger partial charge is 0.415 e. The molecule has 2 fully saturated rings. The number of amides is 1. The Morgan fingerprint density at radius 1 is 1.26 bits per heavy atom. The summed E-state index contributed by atoms with van der Waals surface area (Å²) in [6.07, 6.45) is -0.131. The van der Waals surface area contributed by atoms with Gasteiger partial charge in [0.25, 0.3) is 0 Å². The SMILES string of the molecule is Nc1ccc(N2CC3(CCS(=O)(=O)C3)OC2=O)cc1. The molecule has 1 atom stereocenters. The van der Waals surface area contributed by atoms with Gasteiger partial charge in [0.2, 0.25) is 0 Å². The number of anilines is 2. The van der Waals surface area contributed by atoms with E-state index in [0.29, 0.717) is 17.8 Å². The lowest BCUT2D eigenvalue weighted by molar-refractivity contribution is 0.0779. The summed E-state index contributed by atoms with van der Waals surface area (Å²) in [6.45, 7) is 0.273. The number of ether oxygens (including phenoxy) is 1. The van der Waals surface area contributed by atoms with Crippen molar-refractivity contribution in [3.8, 4) is 0 Å². The Hall–Kier alpha value is -1.76. The van der Waals surface area contributed by atoms with Gasteiger partial charge in [-0.2, -0.15) is 0 Å². The molecular weight excluding hydrogens is 268 g/mol. The zero-order valence-electron chi connectivity index (χ0n) is 10.2. The molecule has 2 N–H and O–H groups in total. The lowest BCUT2D eigenvalue weighted by Gasteiger charge is -2.18. The van der Waals surface area contributed by atoms with Crippen LogP contribution in [0.25, 0.3) is 0 Å². The summed E-state index contributed by atoms with van der Waals surface area (Å²) >= 11 is 0. The van der Waals surface area contributed by atoms with E-state index in [1.807, 2.05) is 0 Å². The molecule has 1 unspecified atom stereocenters. The minimum atomic E-state index is -3.10. The average Bonchev–Trinajstić information content (AvgIpc) is 2.80. The van der Waals surface area contributed by atoms with Crippen LogP contribution in [0.15, 0.2) is 24.3 Å². The first kappa shape index (κ1) is 12.3. The van der Waals surface area contributed by atoms with Crippen LogP contribution in [0.4, 0.5) is 16.2 Å². The predicted molar refractivity (Wildman–Crippen MR) is 70.7 cm³/mol. The fourth-order valence-corrected chi connectivity index (χ4v) is 4.49. The maximum absolute atomic E-state index is 11.9. The Labute approximate surface area is 111 Å². The van der Waals surface area contributed by atoms with E-state index in [4.69, 9.17) is 10.5 Å². The molecule has 19 heavy (non-hydrogen) atoms. The lowest BCUT2D eigenvalue weighted by atomic mass is 10.0. The topological polar surface area (TPSA) is 89.7 Å². The highest BCUT2D eigenvalue weighted by Gasteiger charge is 2.52. The first-order valence-corrected chi connectivity index (χ1v) is 7.78. The molecule has 6 nitrogen and oxygen atoms in total. The predicted octanol–water partition coefficient (Wildman–Crippen LogP) is 0.783. The summed E-state index contributed by atoms with van der Waals surface area (Å²) in [7, 11) is -3.10. The molecule has 102 valence electrons. The molecule has 2 aliphatic heterocycles. The Balaban J connectivity index is 1.87. The van der Waals surface area contributed by atoms with Crippen LogP contribution in [0.5, 0.6) is 0 Å². The van der Waals surface area contributed by atoms with Gasteiger partial charge in [0, 0.05) is 17.8 Å². The highest BCUT2D eigenvalue weighted by atomic mass is 32.2. The van der Waals surface area contributed by atoms with Crippen LogP contribution in [0.2, 0.25) is 0 Å². The number of hydrogen-bond donors (Lipinski definition) is 1. The molecule has 7 heteroatoms. The molecule has 1 aromatic carbocycles. The minimum absolute atomic E-state index is 0.0792. The van der Waals surface area contributed by atoms with Gasteiger partial charge in [0.1, 0.15) is 5.60 Å². The summed E-state index contributed by atoms with van der Waals surface area (Å²) < 4.78 is 28.4. The number of carbonyl (C=O) groups is 1. The summed E-state index contributed by atoms with van der Waals surface area (Å²) in [4.78, 5) is 13.4. The number of hydrogen-bond acceptors (Lipinski definition) is 5. The van der Waals surface area contributed by atoms with Crippen LogP contribution in [-0.2, 0) is 14.6 Å². The Morgan fingerprint density at radius 2 is 1.95 bits per heavy atom. The molecule has 2 heterocycles. The summed E-state index contributed by atoms with van der Waals surface area (Å²) in [5.41, 5.74) is 5.99. The normalized spacial score (nSPS) is 28.8. The molecule has 0 aliphatic carbocycles. The van der Waals surface area contributed by atoms with Crippen molar-refractivity contribution in [3.63, 3.8) is 0 Å². The van der Waals surface area contributed by atoms with Crippen molar-refractivity contribution in [2.75, 3.05) is 28.7 Å². The molecule has 0 saturated carbocycles. The van der Waals surface area contributed by atoms with Crippen molar-refractivity contribution in [3.05, 3.63) is 24.3 Å². The molecule has 1 amide bonds. The molecular formula is C12H14N2O4S. The summed E-state index contributed by atoms with van der Waals surface area (Å²) in [6, 6.07) is 6.83. The maximum atomic E-state index is 11.9. The van der Waals surface area contributed by atoms with Crippen molar-refractivity contribution >= 4 is 27.3 Å². The Kier molecular flexibility index (Phi) is 2.50. The fraction of sp³-hybridized carbons (Fsp3) is 0.417. The molecule has 1 aromatic rings. The van der Waals surface area contributed by atoms with E-state index < -0.39 is 21.5 Å².